The molecule has 2 rings (SSSR count). The fourth-order valence-electron chi connectivity index (χ4n) is 3.04. The molecule has 0 fully saturated rings. The topological polar surface area (TPSA) is 37.6 Å². The summed E-state index contributed by atoms with van der Waals surface area (Å²) in [4.78, 5) is 2.31. The van der Waals surface area contributed by atoms with Crippen LogP contribution >= 0.6 is 0 Å². The molecule has 1 atom stereocenters. The molecule has 0 aliphatic carbocycles. The van der Waals surface area contributed by atoms with Crippen LogP contribution < -0.4 is 0 Å². The van der Waals surface area contributed by atoms with Gasteiger partial charge in [0.15, 0.2) is 0 Å². The van der Waals surface area contributed by atoms with Gasteiger partial charge in [-0.15, -0.1) is 6.42 Å². The number of hydrogen-bond acceptors (Lipinski definition) is 3. The third-order valence-corrected chi connectivity index (χ3v) is 4.49. The number of ether oxygens (including phenoxy) is 1. The molecule has 1 N–H and O–H groups in total. The van der Waals surface area contributed by atoms with E-state index in [0.29, 0.717) is 12.5 Å². The van der Waals surface area contributed by atoms with Gasteiger partial charge in [0.25, 0.3) is 0 Å². The van der Waals surface area contributed by atoms with Gasteiger partial charge in [-0.05, 0) is 36.6 Å². The quantitative estimate of drug-likeness (QED) is 0.461. The van der Waals surface area contributed by atoms with E-state index in [2.05, 4.69) is 71.8 Å². The lowest BCUT2D eigenvalue weighted by Crippen LogP contribution is -2.36. The van der Waals surface area contributed by atoms with Crippen molar-refractivity contribution in [3.63, 3.8) is 0 Å². The first-order valence-corrected chi connectivity index (χ1v) is 9.68. The summed E-state index contributed by atoms with van der Waals surface area (Å²) in [6.07, 6.45) is 7.87. The monoisotopic (exact) mass is 368 g/mol. The van der Waals surface area contributed by atoms with E-state index >= 15 is 0 Å². The normalized spacial score (nSPS) is 12.4. The van der Waals surface area contributed by atoms with Crippen molar-refractivity contribution in [3.8, 4) is 12.3 Å². The largest absolute Gasteiger partial charge is 0.389 e. The lowest BCUT2D eigenvalue weighted by molar-refractivity contribution is 0.0248. The molecule has 1 aromatic carbocycles. The molecule has 4 nitrogen and oxygen atoms in total. The Morgan fingerprint density at radius 3 is 2.67 bits per heavy atom. The maximum atomic E-state index is 10.3. The first-order chi connectivity index (χ1) is 13.1. The van der Waals surface area contributed by atoms with E-state index in [4.69, 9.17) is 11.2 Å². The van der Waals surface area contributed by atoms with E-state index < -0.39 is 6.10 Å². The zero-order valence-electron chi connectivity index (χ0n) is 16.6. The van der Waals surface area contributed by atoms with Gasteiger partial charge >= 0.3 is 0 Å². The van der Waals surface area contributed by atoms with Gasteiger partial charge in [-0.2, -0.15) is 0 Å². The summed E-state index contributed by atoms with van der Waals surface area (Å²) in [5.74, 6) is 3.06. The Hall–Kier alpha value is -2.06. The lowest BCUT2D eigenvalue weighted by atomic mass is 10.1. The molecule has 1 aromatic heterocycles. The minimum atomic E-state index is -0.539. The third-order valence-electron chi connectivity index (χ3n) is 4.49. The number of terminal acetylenes is 1. The van der Waals surface area contributed by atoms with E-state index in [-0.39, 0.29) is 13.2 Å². The van der Waals surface area contributed by atoms with Crippen LogP contribution in [0.1, 0.15) is 31.5 Å². The van der Waals surface area contributed by atoms with Gasteiger partial charge in [0.2, 0.25) is 0 Å². The van der Waals surface area contributed by atoms with Crippen LogP contribution in [-0.4, -0.2) is 47.0 Å². The highest BCUT2D eigenvalue weighted by Gasteiger charge is 2.15. The van der Waals surface area contributed by atoms with Crippen molar-refractivity contribution < 1.29 is 9.84 Å². The Balaban J connectivity index is 1.99. The molecule has 0 amide bonds. The molecule has 0 radical (unpaired) electrons. The highest BCUT2D eigenvalue weighted by Crippen LogP contribution is 2.13. The lowest BCUT2D eigenvalue weighted by Gasteiger charge is -2.26. The molecule has 4 heteroatoms. The van der Waals surface area contributed by atoms with E-state index in [1.54, 1.807) is 0 Å². The van der Waals surface area contributed by atoms with Crippen LogP contribution in [0.4, 0.5) is 0 Å². The Morgan fingerprint density at radius 2 is 1.96 bits per heavy atom. The van der Waals surface area contributed by atoms with Crippen molar-refractivity contribution in [2.24, 2.45) is 5.92 Å². The Labute approximate surface area is 163 Å². The standard InChI is InChI=1S/C23H32N2O2/c1-4-15-27-19-23(26)18-24(14-12-20(2)3)17-22-11-8-13-25(22)16-21-9-6-5-7-10-21/h1,5-11,13,20,23,26H,12,14-19H2,2-3H3/t23-/m1/s1. The Kier molecular flexibility index (Phi) is 9.13. The second-order valence-corrected chi connectivity index (χ2v) is 7.40. The summed E-state index contributed by atoms with van der Waals surface area (Å²) in [5.41, 5.74) is 2.53. The summed E-state index contributed by atoms with van der Waals surface area (Å²) in [6.45, 7) is 8.14. The molecule has 0 saturated carbocycles. The molecule has 146 valence electrons. The summed E-state index contributed by atoms with van der Waals surface area (Å²) >= 11 is 0. The zero-order valence-corrected chi connectivity index (χ0v) is 16.6. The minimum absolute atomic E-state index is 0.239. The van der Waals surface area contributed by atoms with Crippen molar-refractivity contribution >= 4 is 0 Å². The van der Waals surface area contributed by atoms with Crippen LogP contribution in [0.25, 0.3) is 0 Å². The Morgan fingerprint density at radius 1 is 1.19 bits per heavy atom. The molecule has 0 unspecified atom stereocenters. The number of rotatable bonds is 12. The molecular weight excluding hydrogens is 336 g/mol. The van der Waals surface area contributed by atoms with Gasteiger partial charge < -0.3 is 14.4 Å². The second-order valence-electron chi connectivity index (χ2n) is 7.40. The molecule has 0 bridgehead atoms. The fraction of sp³-hybridized carbons (Fsp3) is 0.478. The molecule has 0 spiro atoms. The van der Waals surface area contributed by atoms with Gasteiger partial charge in [0.1, 0.15) is 6.61 Å². The average molecular weight is 369 g/mol. The molecular formula is C23H32N2O2. The summed E-state index contributed by atoms with van der Waals surface area (Å²) in [5, 5.41) is 10.3. The number of aliphatic hydroxyl groups is 1. The highest BCUT2D eigenvalue weighted by atomic mass is 16.5. The summed E-state index contributed by atoms with van der Waals surface area (Å²) in [7, 11) is 0. The number of aromatic nitrogens is 1. The predicted octanol–water partition coefficient (Wildman–Crippen LogP) is 3.40. The SMILES string of the molecule is C#CCOC[C@H](O)CN(CCC(C)C)Cc1cccn1Cc1ccccc1. The average Bonchev–Trinajstić information content (AvgIpc) is 3.07. The number of benzene rings is 1. The molecule has 27 heavy (non-hydrogen) atoms. The number of nitrogens with zero attached hydrogens (tertiary/aromatic N) is 2. The maximum Gasteiger partial charge on any atom is 0.107 e. The van der Waals surface area contributed by atoms with Crippen molar-refractivity contribution in [2.45, 2.75) is 39.5 Å². The van der Waals surface area contributed by atoms with Gasteiger partial charge in [-0.1, -0.05) is 50.1 Å². The second kappa shape index (κ2) is 11.6. The molecule has 1 heterocycles. The van der Waals surface area contributed by atoms with Gasteiger partial charge in [-0.3, -0.25) is 4.90 Å². The molecule has 0 aliphatic heterocycles. The number of hydrogen-bond donors (Lipinski definition) is 1. The van der Waals surface area contributed by atoms with Crippen molar-refractivity contribution in [1.29, 1.82) is 0 Å². The van der Waals surface area contributed by atoms with Gasteiger partial charge in [0.05, 0.1) is 12.7 Å². The van der Waals surface area contributed by atoms with Crippen molar-refractivity contribution in [1.82, 2.24) is 9.47 Å². The van der Waals surface area contributed by atoms with Gasteiger partial charge in [-0.25, -0.2) is 0 Å². The van der Waals surface area contributed by atoms with Crippen molar-refractivity contribution in [2.75, 3.05) is 26.3 Å². The summed E-state index contributed by atoms with van der Waals surface area (Å²) < 4.78 is 7.57. The fourth-order valence-corrected chi connectivity index (χ4v) is 3.04. The van der Waals surface area contributed by atoms with E-state index in [9.17, 15) is 5.11 Å². The van der Waals surface area contributed by atoms with Crippen LogP contribution in [0.3, 0.4) is 0 Å². The zero-order chi connectivity index (χ0) is 19.5. The summed E-state index contributed by atoms with van der Waals surface area (Å²) in [6, 6.07) is 14.7. The van der Waals surface area contributed by atoms with Crippen LogP contribution in [-0.2, 0) is 17.8 Å². The molecule has 0 saturated heterocycles. The predicted molar refractivity (Wildman–Crippen MR) is 110 cm³/mol. The van der Waals surface area contributed by atoms with E-state index in [1.165, 1.54) is 11.3 Å². The third kappa shape index (κ3) is 8.01. The molecule has 2 aromatic rings. The van der Waals surface area contributed by atoms with E-state index in [1.807, 2.05) is 6.07 Å². The van der Waals surface area contributed by atoms with Crippen LogP contribution in [0.15, 0.2) is 48.7 Å². The first kappa shape index (κ1) is 21.2. The highest BCUT2D eigenvalue weighted by molar-refractivity contribution is 5.17. The maximum absolute atomic E-state index is 10.3. The van der Waals surface area contributed by atoms with Crippen LogP contribution in [0.5, 0.6) is 0 Å². The van der Waals surface area contributed by atoms with Crippen LogP contribution in [0.2, 0.25) is 0 Å². The smallest absolute Gasteiger partial charge is 0.107 e. The van der Waals surface area contributed by atoms with Crippen molar-refractivity contribution in [3.05, 3.63) is 59.9 Å². The first-order valence-electron chi connectivity index (χ1n) is 9.68. The number of aliphatic hydroxyl groups excluding tert-OH is 1. The van der Waals surface area contributed by atoms with Gasteiger partial charge in [0, 0.05) is 31.5 Å². The molecule has 0 aliphatic rings. The minimum Gasteiger partial charge on any atom is -0.389 e. The van der Waals surface area contributed by atoms with E-state index in [0.717, 1.165) is 26.1 Å². The van der Waals surface area contributed by atoms with Crippen LogP contribution in [0, 0.1) is 18.3 Å². The Bertz CT molecular complexity index is 688.